The van der Waals surface area contributed by atoms with Gasteiger partial charge in [0.1, 0.15) is 0 Å². The molecular weight excluding hydrogens is 214 g/mol. The van der Waals surface area contributed by atoms with Crippen molar-refractivity contribution in [2.45, 2.75) is 25.0 Å². The first-order valence-corrected chi connectivity index (χ1v) is 6.12. The van der Waals surface area contributed by atoms with Gasteiger partial charge in [-0.3, -0.25) is 4.79 Å². The number of rotatable bonds is 2. The summed E-state index contributed by atoms with van der Waals surface area (Å²) in [6.07, 6.45) is 2.86. The molecule has 4 nitrogen and oxygen atoms in total. The van der Waals surface area contributed by atoms with Crippen molar-refractivity contribution >= 4 is 17.7 Å². The van der Waals surface area contributed by atoms with Crippen LogP contribution in [0.2, 0.25) is 0 Å². The fourth-order valence-corrected chi connectivity index (χ4v) is 2.74. The highest BCUT2D eigenvalue weighted by Crippen LogP contribution is 2.36. The van der Waals surface area contributed by atoms with Gasteiger partial charge in [0.2, 0.25) is 0 Å². The molecule has 1 atom stereocenters. The van der Waals surface area contributed by atoms with Crippen LogP contribution in [0, 0.1) is 0 Å². The summed E-state index contributed by atoms with van der Waals surface area (Å²) in [6, 6.07) is 8.55. The van der Waals surface area contributed by atoms with E-state index in [1.165, 1.54) is 0 Å². The van der Waals surface area contributed by atoms with Crippen molar-refractivity contribution in [1.29, 1.82) is 0 Å². The van der Waals surface area contributed by atoms with E-state index in [1.807, 2.05) is 18.2 Å². The Morgan fingerprint density at radius 3 is 2.82 bits per heavy atom. The molecule has 2 heterocycles. The van der Waals surface area contributed by atoms with Gasteiger partial charge in [0.05, 0.1) is 11.4 Å². The SMILES string of the molecule is O=CC1Nc2ccccc2N1C1CC[N]CC1. The predicted molar refractivity (Wildman–Crippen MR) is 67.3 cm³/mol. The summed E-state index contributed by atoms with van der Waals surface area (Å²) >= 11 is 0. The van der Waals surface area contributed by atoms with Crippen LogP contribution in [0.5, 0.6) is 0 Å². The monoisotopic (exact) mass is 230 g/mol. The second-order valence-corrected chi connectivity index (χ2v) is 4.55. The van der Waals surface area contributed by atoms with E-state index in [1.54, 1.807) is 0 Å². The van der Waals surface area contributed by atoms with E-state index in [4.69, 9.17) is 0 Å². The van der Waals surface area contributed by atoms with Crippen LogP contribution < -0.4 is 15.5 Å². The van der Waals surface area contributed by atoms with Gasteiger partial charge in [-0.25, -0.2) is 5.32 Å². The van der Waals surface area contributed by atoms with Gasteiger partial charge in [-0.15, -0.1) is 0 Å². The number of aldehydes is 1. The summed E-state index contributed by atoms with van der Waals surface area (Å²) < 4.78 is 0. The van der Waals surface area contributed by atoms with Crippen molar-refractivity contribution < 1.29 is 4.79 Å². The first-order valence-electron chi connectivity index (χ1n) is 6.12. The molecule has 2 aliphatic heterocycles. The third-order valence-corrected chi connectivity index (χ3v) is 3.55. The zero-order chi connectivity index (χ0) is 11.7. The number of benzene rings is 1. The molecule has 2 aliphatic rings. The molecule has 1 radical (unpaired) electrons. The first-order chi connectivity index (χ1) is 8.40. The lowest BCUT2D eigenvalue weighted by molar-refractivity contribution is -0.108. The predicted octanol–water partition coefficient (Wildman–Crippen LogP) is 1.21. The maximum Gasteiger partial charge on any atom is 0.162 e. The van der Waals surface area contributed by atoms with Crippen molar-refractivity contribution in [3.8, 4) is 0 Å². The molecule has 1 unspecified atom stereocenters. The minimum atomic E-state index is -0.213. The molecule has 1 aromatic rings. The minimum Gasteiger partial charge on any atom is -0.358 e. The Morgan fingerprint density at radius 2 is 2.06 bits per heavy atom. The number of fused-ring (bicyclic) bond motifs is 1. The van der Waals surface area contributed by atoms with E-state index in [0.29, 0.717) is 6.04 Å². The Balaban J connectivity index is 1.92. The zero-order valence-electron chi connectivity index (χ0n) is 9.67. The summed E-state index contributed by atoms with van der Waals surface area (Å²) in [5, 5.41) is 7.63. The highest BCUT2D eigenvalue weighted by molar-refractivity contribution is 5.84. The first kappa shape index (κ1) is 10.6. The number of nitrogens with one attached hydrogen (secondary N) is 1. The Hall–Kier alpha value is -1.55. The van der Waals surface area contributed by atoms with Crippen LogP contribution in [0.1, 0.15) is 12.8 Å². The minimum absolute atomic E-state index is 0.213. The molecule has 1 N–H and O–H groups in total. The lowest BCUT2D eigenvalue weighted by Gasteiger charge is -2.34. The second-order valence-electron chi connectivity index (χ2n) is 4.55. The zero-order valence-corrected chi connectivity index (χ0v) is 9.67. The molecular formula is C13H16N3O. The summed E-state index contributed by atoms with van der Waals surface area (Å²) in [7, 11) is 0. The average Bonchev–Trinajstić information content (AvgIpc) is 2.78. The van der Waals surface area contributed by atoms with E-state index in [2.05, 4.69) is 21.6 Å². The van der Waals surface area contributed by atoms with Gasteiger partial charge in [0, 0.05) is 19.1 Å². The van der Waals surface area contributed by atoms with Crippen molar-refractivity contribution in [1.82, 2.24) is 5.32 Å². The quantitative estimate of drug-likeness (QED) is 0.777. The third kappa shape index (κ3) is 1.78. The maximum absolute atomic E-state index is 11.2. The molecule has 17 heavy (non-hydrogen) atoms. The summed E-state index contributed by atoms with van der Waals surface area (Å²) in [4.78, 5) is 13.4. The molecule has 1 aromatic carbocycles. The molecule has 0 amide bonds. The molecule has 1 saturated heterocycles. The highest BCUT2D eigenvalue weighted by Gasteiger charge is 2.34. The van der Waals surface area contributed by atoms with Crippen molar-refractivity contribution in [3.63, 3.8) is 0 Å². The standard InChI is InChI=1S/C13H16N3O/c17-9-13-15-11-3-1-2-4-12(11)16(13)10-5-7-14-8-6-10/h1-4,9-10,13,15H,5-8H2. The van der Waals surface area contributed by atoms with E-state index < -0.39 is 0 Å². The molecule has 89 valence electrons. The molecule has 0 aliphatic carbocycles. The van der Waals surface area contributed by atoms with E-state index in [0.717, 1.165) is 43.6 Å². The number of anilines is 2. The molecule has 0 aromatic heterocycles. The van der Waals surface area contributed by atoms with E-state index >= 15 is 0 Å². The van der Waals surface area contributed by atoms with Gasteiger partial charge in [-0.05, 0) is 25.0 Å². The lowest BCUT2D eigenvalue weighted by Crippen LogP contribution is -2.47. The Bertz CT molecular complexity index is 415. The van der Waals surface area contributed by atoms with Gasteiger partial charge >= 0.3 is 0 Å². The Labute approximate surface area is 101 Å². The van der Waals surface area contributed by atoms with Crippen molar-refractivity contribution in [2.24, 2.45) is 0 Å². The van der Waals surface area contributed by atoms with Gasteiger partial charge in [0.15, 0.2) is 12.5 Å². The van der Waals surface area contributed by atoms with Crippen molar-refractivity contribution in [3.05, 3.63) is 24.3 Å². The lowest BCUT2D eigenvalue weighted by atomic mass is 10.0. The Kier molecular flexibility index (Phi) is 2.73. The van der Waals surface area contributed by atoms with Crippen LogP contribution in [0.4, 0.5) is 11.4 Å². The number of piperidine rings is 1. The molecule has 4 heteroatoms. The number of carbonyl (C=O) groups is 1. The van der Waals surface area contributed by atoms with Crippen molar-refractivity contribution in [2.75, 3.05) is 23.3 Å². The fraction of sp³-hybridized carbons (Fsp3) is 0.462. The van der Waals surface area contributed by atoms with Crippen LogP contribution in [0.15, 0.2) is 24.3 Å². The number of carbonyl (C=O) groups excluding carboxylic acids is 1. The number of hydrogen-bond donors (Lipinski definition) is 1. The average molecular weight is 230 g/mol. The second kappa shape index (κ2) is 4.37. The van der Waals surface area contributed by atoms with Crippen LogP contribution in [-0.2, 0) is 4.79 Å². The van der Waals surface area contributed by atoms with Gasteiger partial charge in [-0.2, -0.15) is 0 Å². The number of nitrogens with zero attached hydrogens (tertiary/aromatic N) is 2. The van der Waals surface area contributed by atoms with E-state index in [-0.39, 0.29) is 6.17 Å². The van der Waals surface area contributed by atoms with Crippen LogP contribution >= 0.6 is 0 Å². The largest absolute Gasteiger partial charge is 0.358 e. The fourth-order valence-electron chi connectivity index (χ4n) is 2.74. The van der Waals surface area contributed by atoms with Gasteiger partial charge < -0.3 is 10.2 Å². The highest BCUT2D eigenvalue weighted by atomic mass is 16.1. The van der Waals surface area contributed by atoms with Crippen LogP contribution in [0.25, 0.3) is 0 Å². The Morgan fingerprint density at radius 1 is 1.29 bits per heavy atom. The smallest absolute Gasteiger partial charge is 0.162 e. The molecule has 3 rings (SSSR count). The molecule has 0 bridgehead atoms. The summed E-state index contributed by atoms with van der Waals surface area (Å²) in [6.45, 7) is 1.82. The van der Waals surface area contributed by atoms with E-state index in [9.17, 15) is 4.79 Å². The van der Waals surface area contributed by atoms with Crippen LogP contribution in [0.3, 0.4) is 0 Å². The van der Waals surface area contributed by atoms with Gasteiger partial charge in [0.25, 0.3) is 0 Å². The molecule has 0 spiro atoms. The maximum atomic E-state index is 11.2. The topological polar surface area (TPSA) is 46.4 Å². The summed E-state index contributed by atoms with van der Waals surface area (Å²) in [5.74, 6) is 0. The van der Waals surface area contributed by atoms with Gasteiger partial charge in [-0.1, -0.05) is 12.1 Å². The number of para-hydroxylation sites is 2. The summed E-state index contributed by atoms with van der Waals surface area (Å²) in [5.41, 5.74) is 2.21. The normalized spacial score (nSPS) is 24.2. The molecule has 1 fully saturated rings. The third-order valence-electron chi connectivity index (χ3n) is 3.55. The molecule has 0 saturated carbocycles. The number of hydrogen-bond acceptors (Lipinski definition) is 3. The van der Waals surface area contributed by atoms with Crippen LogP contribution in [-0.4, -0.2) is 31.6 Å².